The molecule has 2 fully saturated rings. The Morgan fingerprint density at radius 3 is 2.50 bits per heavy atom. The molecule has 1 saturated heterocycles. The Kier molecular flexibility index (Phi) is 5.51. The summed E-state index contributed by atoms with van der Waals surface area (Å²) in [6.07, 6.45) is 6.30. The quantitative estimate of drug-likeness (QED) is 0.644. The van der Waals surface area contributed by atoms with Gasteiger partial charge >= 0.3 is 0 Å². The third-order valence-corrected chi connectivity index (χ3v) is 6.32. The average molecular weight is 432 g/mol. The van der Waals surface area contributed by atoms with E-state index in [1.807, 2.05) is 36.2 Å². The predicted molar refractivity (Wildman–Crippen MR) is 125 cm³/mol. The fraction of sp³-hybridized carbons (Fsp3) is 0.417. The molecule has 2 aliphatic rings. The van der Waals surface area contributed by atoms with Crippen LogP contribution in [0.5, 0.6) is 0 Å². The number of benzene rings is 1. The highest BCUT2D eigenvalue weighted by Crippen LogP contribution is 2.33. The van der Waals surface area contributed by atoms with Crippen molar-refractivity contribution in [3.05, 3.63) is 48.5 Å². The number of hydrogen-bond acceptors (Lipinski definition) is 6. The molecule has 0 atom stereocenters. The number of imidazole rings is 1. The van der Waals surface area contributed by atoms with E-state index in [9.17, 15) is 4.79 Å². The highest BCUT2D eigenvalue weighted by atomic mass is 16.2. The van der Waals surface area contributed by atoms with Crippen LogP contribution in [0.15, 0.2) is 42.7 Å². The van der Waals surface area contributed by atoms with Gasteiger partial charge in [-0.1, -0.05) is 0 Å². The van der Waals surface area contributed by atoms with E-state index in [0.717, 1.165) is 67.2 Å². The van der Waals surface area contributed by atoms with Crippen LogP contribution in [0.4, 0.5) is 17.3 Å². The Hall–Kier alpha value is -3.42. The molecule has 32 heavy (non-hydrogen) atoms. The van der Waals surface area contributed by atoms with Crippen LogP contribution in [-0.4, -0.2) is 56.5 Å². The lowest BCUT2D eigenvalue weighted by molar-refractivity contribution is -0.129. The number of anilines is 3. The second-order valence-corrected chi connectivity index (χ2v) is 8.68. The van der Waals surface area contributed by atoms with Gasteiger partial charge in [0.1, 0.15) is 5.82 Å². The smallest absolute Gasteiger partial charge is 0.227 e. The van der Waals surface area contributed by atoms with E-state index >= 15 is 0 Å². The van der Waals surface area contributed by atoms with Crippen LogP contribution in [0.3, 0.4) is 0 Å². The second-order valence-electron chi connectivity index (χ2n) is 8.68. The van der Waals surface area contributed by atoms with Gasteiger partial charge in [-0.2, -0.15) is 0 Å². The van der Waals surface area contributed by atoms with Crippen molar-refractivity contribution in [1.82, 2.24) is 24.4 Å². The number of rotatable bonds is 6. The average Bonchev–Trinajstić information content (AvgIpc) is 3.56. The standard InChI is InChI=1S/C24H29N7O/c1-17-26-15-23(31(17)16-19-3-4-19)22-9-10-25-24(28-22)27-20-5-7-21(8-6-20)30-13-11-29(12-14-30)18(2)32/h5-10,15,19H,3-4,11-14,16H2,1-2H3,(H,25,27,28). The van der Waals surface area contributed by atoms with Gasteiger partial charge in [-0.25, -0.2) is 15.0 Å². The highest BCUT2D eigenvalue weighted by molar-refractivity contribution is 5.73. The lowest BCUT2D eigenvalue weighted by atomic mass is 10.2. The molecule has 3 heterocycles. The third-order valence-electron chi connectivity index (χ3n) is 6.32. The first kappa shape index (κ1) is 20.5. The number of amides is 1. The van der Waals surface area contributed by atoms with E-state index in [0.29, 0.717) is 5.95 Å². The molecule has 8 nitrogen and oxygen atoms in total. The molecule has 1 amide bonds. The molecule has 1 aliphatic carbocycles. The van der Waals surface area contributed by atoms with Gasteiger partial charge in [0.2, 0.25) is 11.9 Å². The van der Waals surface area contributed by atoms with Gasteiger partial charge in [-0.05, 0) is 56.0 Å². The second kappa shape index (κ2) is 8.61. The summed E-state index contributed by atoms with van der Waals surface area (Å²) >= 11 is 0. The molecular weight excluding hydrogens is 402 g/mol. The lowest BCUT2D eigenvalue weighted by Gasteiger charge is -2.35. The molecule has 8 heteroatoms. The topological polar surface area (TPSA) is 79.2 Å². The maximum absolute atomic E-state index is 11.5. The van der Waals surface area contributed by atoms with E-state index < -0.39 is 0 Å². The number of aromatic nitrogens is 4. The Morgan fingerprint density at radius 2 is 1.81 bits per heavy atom. The summed E-state index contributed by atoms with van der Waals surface area (Å²) in [5.41, 5.74) is 4.02. The van der Waals surface area contributed by atoms with Gasteiger partial charge in [0.15, 0.2) is 0 Å². The molecular formula is C24H29N7O. The minimum absolute atomic E-state index is 0.150. The minimum atomic E-state index is 0.150. The van der Waals surface area contributed by atoms with Crippen molar-refractivity contribution in [3.63, 3.8) is 0 Å². The zero-order valence-electron chi connectivity index (χ0n) is 18.7. The highest BCUT2D eigenvalue weighted by Gasteiger charge is 2.24. The third kappa shape index (κ3) is 4.44. The monoisotopic (exact) mass is 431 g/mol. The Bertz CT molecular complexity index is 1100. The molecule has 0 unspecified atom stereocenters. The zero-order chi connectivity index (χ0) is 22.1. The molecule has 0 bridgehead atoms. The van der Waals surface area contributed by atoms with Crippen molar-refractivity contribution >= 4 is 23.2 Å². The first-order valence-electron chi connectivity index (χ1n) is 11.3. The molecule has 1 aliphatic heterocycles. The Labute approximate surface area is 188 Å². The van der Waals surface area contributed by atoms with Gasteiger partial charge in [-0.15, -0.1) is 0 Å². The van der Waals surface area contributed by atoms with Gasteiger partial charge in [0, 0.05) is 57.2 Å². The van der Waals surface area contributed by atoms with Crippen molar-refractivity contribution in [2.24, 2.45) is 5.92 Å². The molecule has 166 valence electrons. The maximum atomic E-state index is 11.5. The first-order chi connectivity index (χ1) is 15.6. The van der Waals surface area contributed by atoms with Crippen molar-refractivity contribution in [2.45, 2.75) is 33.2 Å². The molecule has 2 aromatic heterocycles. The lowest BCUT2D eigenvalue weighted by Crippen LogP contribution is -2.48. The number of carbonyl (C=O) groups is 1. The normalized spacial score (nSPS) is 16.3. The maximum Gasteiger partial charge on any atom is 0.227 e. The largest absolute Gasteiger partial charge is 0.368 e. The minimum Gasteiger partial charge on any atom is -0.368 e. The molecule has 3 aromatic rings. The molecule has 1 saturated carbocycles. The van der Waals surface area contributed by atoms with E-state index in [2.05, 4.69) is 36.9 Å². The SMILES string of the molecule is CC(=O)N1CCN(c2ccc(Nc3nccc(-c4cnc(C)n4CC4CC4)n3)cc2)CC1. The fourth-order valence-electron chi connectivity index (χ4n) is 4.19. The summed E-state index contributed by atoms with van der Waals surface area (Å²) in [6.45, 7) is 7.94. The van der Waals surface area contributed by atoms with Crippen molar-refractivity contribution in [2.75, 3.05) is 36.4 Å². The summed E-state index contributed by atoms with van der Waals surface area (Å²) < 4.78 is 2.27. The summed E-state index contributed by atoms with van der Waals surface area (Å²) in [5, 5.41) is 3.32. The molecule has 5 rings (SSSR count). The fourth-order valence-corrected chi connectivity index (χ4v) is 4.19. The number of nitrogens with zero attached hydrogens (tertiary/aromatic N) is 6. The van der Waals surface area contributed by atoms with Crippen LogP contribution in [-0.2, 0) is 11.3 Å². The number of hydrogen-bond donors (Lipinski definition) is 1. The molecule has 1 aromatic carbocycles. The van der Waals surface area contributed by atoms with Crippen molar-refractivity contribution in [1.29, 1.82) is 0 Å². The van der Waals surface area contributed by atoms with Crippen molar-refractivity contribution < 1.29 is 4.79 Å². The first-order valence-corrected chi connectivity index (χ1v) is 11.3. The van der Waals surface area contributed by atoms with Crippen LogP contribution in [0.2, 0.25) is 0 Å². The van der Waals surface area contributed by atoms with Gasteiger partial charge in [0.05, 0.1) is 17.6 Å². The molecule has 0 spiro atoms. The van der Waals surface area contributed by atoms with Crippen LogP contribution >= 0.6 is 0 Å². The number of aryl methyl sites for hydroxylation is 1. The number of nitrogens with one attached hydrogen (secondary N) is 1. The summed E-state index contributed by atoms with van der Waals surface area (Å²) in [5.74, 6) is 2.52. The Balaban J connectivity index is 1.27. The van der Waals surface area contributed by atoms with E-state index in [4.69, 9.17) is 4.98 Å². The van der Waals surface area contributed by atoms with Crippen LogP contribution < -0.4 is 10.2 Å². The molecule has 1 N–H and O–H groups in total. The zero-order valence-corrected chi connectivity index (χ0v) is 18.7. The van der Waals surface area contributed by atoms with Gasteiger partial charge in [0.25, 0.3) is 0 Å². The van der Waals surface area contributed by atoms with Gasteiger partial charge < -0.3 is 19.7 Å². The summed E-state index contributed by atoms with van der Waals surface area (Å²) in [4.78, 5) is 29.4. The van der Waals surface area contributed by atoms with E-state index in [1.165, 1.54) is 12.8 Å². The molecule has 0 radical (unpaired) electrons. The number of piperazine rings is 1. The van der Waals surface area contributed by atoms with Crippen LogP contribution in [0.25, 0.3) is 11.4 Å². The van der Waals surface area contributed by atoms with E-state index in [-0.39, 0.29) is 5.91 Å². The summed E-state index contributed by atoms with van der Waals surface area (Å²) in [6, 6.07) is 10.2. The number of carbonyl (C=O) groups excluding carboxylic acids is 1. The predicted octanol–water partition coefficient (Wildman–Crippen LogP) is 3.47. The van der Waals surface area contributed by atoms with Crippen molar-refractivity contribution in [3.8, 4) is 11.4 Å². The van der Waals surface area contributed by atoms with E-state index in [1.54, 1.807) is 13.1 Å². The van der Waals surface area contributed by atoms with Crippen LogP contribution in [0, 0.1) is 12.8 Å². The van der Waals surface area contributed by atoms with Gasteiger partial charge in [-0.3, -0.25) is 4.79 Å². The van der Waals surface area contributed by atoms with Crippen LogP contribution in [0.1, 0.15) is 25.6 Å². The summed E-state index contributed by atoms with van der Waals surface area (Å²) in [7, 11) is 0. The Morgan fingerprint density at radius 1 is 1.06 bits per heavy atom.